The lowest BCUT2D eigenvalue weighted by Gasteiger charge is -2.20. The van der Waals surface area contributed by atoms with Gasteiger partial charge in [-0.25, -0.2) is 0 Å². The van der Waals surface area contributed by atoms with Crippen LogP contribution in [0.3, 0.4) is 0 Å². The van der Waals surface area contributed by atoms with Gasteiger partial charge in [0, 0.05) is 9.90 Å². The van der Waals surface area contributed by atoms with Crippen molar-refractivity contribution < 1.29 is 0 Å². The Morgan fingerprint density at radius 1 is 1.26 bits per heavy atom. The summed E-state index contributed by atoms with van der Waals surface area (Å²) in [6, 6.07) is 8.69. The van der Waals surface area contributed by atoms with Gasteiger partial charge in [-0.2, -0.15) is 0 Å². The summed E-state index contributed by atoms with van der Waals surface area (Å²) in [7, 11) is 0. The van der Waals surface area contributed by atoms with Crippen LogP contribution in [-0.4, -0.2) is 6.54 Å². The van der Waals surface area contributed by atoms with E-state index in [2.05, 4.69) is 49.7 Å². The first-order valence-corrected chi connectivity index (χ1v) is 7.92. The maximum absolute atomic E-state index is 6.44. The first kappa shape index (κ1) is 14.6. The van der Waals surface area contributed by atoms with E-state index < -0.39 is 0 Å². The molecule has 0 spiro atoms. The molecule has 0 saturated heterocycles. The van der Waals surface area contributed by atoms with Crippen LogP contribution < -0.4 is 5.32 Å². The Labute approximate surface area is 124 Å². The second-order valence-corrected chi connectivity index (χ2v) is 6.23. The fourth-order valence-corrected chi connectivity index (χ4v) is 3.54. The SMILES string of the molecule is CCCNC(c1ccc(C)cc1Cl)c1sccc1C. The molecule has 102 valence electrons. The molecule has 1 atom stereocenters. The van der Waals surface area contributed by atoms with E-state index in [0.717, 1.165) is 18.0 Å². The Balaban J connectivity index is 2.40. The predicted octanol–water partition coefficient (Wildman–Crippen LogP) is 5.11. The van der Waals surface area contributed by atoms with Gasteiger partial charge in [0.25, 0.3) is 0 Å². The van der Waals surface area contributed by atoms with Crippen molar-refractivity contribution in [1.82, 2.24) is 5.32 Å². The number of hydrogen-bond donors (Lipinski definition) is 1. The van der Waals surface area contributed by atoms with Gasteiger partial charge in [-0.1, -0.05) is 30.7 Å². The summed E-state index contributed by atoms with van der Waals surface area (Å²) < 4.78 is 0. The Hall–Kier alpha value is -0.830. The second kappa shape index (κ2) is 6.56. The molecule has 2 aromatic rings. The molecule has 0 amide bonds. The fourth-order valence-electron chi connectivity index (χ4n) is 2.18. The summed E-state index contributed by atoms with van der Waals surface area (Å²) in [5.74, 6) is 0. The Kier molecular flexibility index (Phi) is 5.03. The highest BCUT2D eigenvalue weighted by Crippen LogP contribution is 2.33. The van der Waals surface area contributed by atoms with Gasteiger partial charge < -0.3 is 5.32 Å². The van der Waals surface area contributed by atoms with Gasteiger partial charge in [-0.15, -0.1) is 11.3 Å². The van der Waals surface area contributed by atoms with E-state index in [-0.39, 0.29) is 6.04 Å². The molecule has 1 N–H and O–H groups in total. The molecule has 0 aliphatic heterocycles. The molecule has 1 nitrogen and oxygen atoms in total. The summed E-state index contributed by atoms with van der Waals surface area (Å²) in [5, 5.41) is 6.61. The highest BCUT2D eigenvalue weighted by molar-refractivity contribution is 7.10. The number of benzene rings is 1. The molecule has 1 aromatic carbocycles. The van der Waals surface area contributed by atoms with E-state index in [9.17, 15) is 0 Å². The summed E-state index contributed by atoms with van der Waals surface area (Å²) in [6.45, 7) is 7.41. The Morgan fingerprint density at radius 2 is 2.05 bits per heavy atom. The Bertz CT molecular complexity index is 547. The van der Waals surface area contributed by atoms with Crippen LogP contribution >= 0.6 is 22.9 Å². The van der Waals surface area contributed by atoms with Crippen LogP contribution in [0.15, 0.2) is 29.6 Å². The fraction of sp³-hybridized carbons (Fsp3) is 0.375. The van der Waals surface area contributed by atoms with Crippen molar-refractivity contribution in [1.29, 1.82) is 0 Å². The van der Waals surface area contributed by atoms with Crippen LogP contribution in [0.25, 0.3) is 0 Å². The molecule has 2 rings (SSSR count). The third-order valence-electron chi connectivity index (χ3n) is 3.23. The average Bonchev–Trinajstić information content (AvgIpc) is 2.78. The Morgan fingerprint density at radius 3 is 2.63 bits per heavy atom. The van der Waals surface area contributed by atoms with Crippen LogP contribution in [0.5, 0.6) is 0 Å². The topological polar surface area (TPSA) is 12.0 Å². The highest BCUT2D eigenvalue weighted by Gasteiger charge is 2.19. The van der Waals surface area contributed by atoms with Crippen molar-refractivity contribution in [3.05, 3.63) is 56.2 Å². The molecule has 0 aliphatic rings. The minimum Gasteiger partial charge on any atom is -0.306 e. The zero-order chi connectivity index (χ0) is 13.8. The van der Waals surface area contributed by atoms with E-state index in [1.165, 1.54) is 21.6 Å². The highest BCUT2D eigenvalue weighted by atomic mass is 35.5. The molecule has 0 aliphatic carbocycles. The van der Waals surface area contributed by atoms with E-state index in [0.29, 0.717) is 0 Å². The van der Waals surface area contributed by atoms with Gasteiger partial charge in [-0.05, 0) is 61.0 Å². The molecule has 19 heavy (non-hydrogen) atoms. The molecule has 1 aromatic heterocycles. The standard InChI is InChI=1S/C16H20ClNS/c1-4-8-18-15(16-12(3)7-9-19-16)13-6-5-11(2)10-14(13)17/h5-7,9-10,15,18H,4,8H2,1-3H3. The molecule has 0 fully saturated rings. The maximum atomic E-state index is 6.44. The molecule has 1 heterocycles. The molecule has 1 unspecified atom stereocenters. The first-order valence-electron chi connectivity index (χ1n) is 6.67. The lowest BCUT2D eigenvalue weighted by atomic mass is 10.0. The molecular formula is C16H20ClNS. The van der Waals surface area contributed by atoms with Crippen LogP contribution in [0, 0.1) is 13.8 Å². The van der Waals surface area contributed by atoms with E-state index in [1.54, 1.807) is 11.3 Å². The van der Waals surface area contributed by atoms with Crippen molar-refractivity contribution in [2.45, 2.75) is 33.2 Å². The number of nitrogens with one attached hydrogen (secondary N) is 1. The zero-order valence-corrected chi connectivity index (χ0v) is 13.2. The van der Waals surface area contributed by atoms with E-state index >= 15 is 0 Å². The van der Waals surface area contributed by atoms with Crippen molar-refractivity contribution in [3.8, 4) is 0 Å². The normalized spacial score (nSPS) is 12.6. The predicted molar refractivity (Wildman–Crippen MR) is 85.4 cm³/mol. The van der Waals surface area contributed by atoms with Gasteiger partial charge in [0.2, 0.25) is 0 Å². The van der Waals surface area contributed by atoms with Gasteiger partial charge in [0.1, 0.15) is 0 Å². The van der Waals surface area contributed by atoms with E-state index in [4.69, 9.17) is 11.6 Å². The lowest BCUT2D eigenvalue weighted by molar-refractivity contribution is 0.604. The molecule has 3 heteroatoms. The molecule has 0 bridgehead atoms. The quantitative estimate of drug-likeness (QED) is 0.808. The van der Waals surface area contributed by atoms with Gasteiger partial charge >= 0.3 is 0 Å². The lowest BCUT2D eigenvalue weighted by Crippen LogP contribution is -2.23. The molecular weight excluding hydrogens is 274 g/mol. The van der Waals surface area contributed by atoms with Crippen molar-refractivity contribution in [3.63, 3.8) is 0 Å². The van der Waals surface area contributed by atoms with Crippen LogP contribution in [0.1, 0.15) is 41.0 Å². The number of thiophene rings is 1. The third-order valence-corrected chi connectivity index (χ3v) is 4.64. The number of halogens is 1. The van der Waals surface area contributed by atoms with Crippen LogP contribution in [0.2, 0.25) is 5.02 Å². The van der Waals surface area contributed by atoms with Gasteiger partial charge in [-0.3, -0.25) is 0 Å². The van der Waals surface area contributed by atoms with Gasteiger partial charge in [0.15, 0.2) is 0 Å². The largest absolute Gasteiger partial charge is 0.306 e. The van der Waals surface area contributed by atoms with Crippen LogP contribution in [-0.2, 0) is 0 Å². The zero-order valence-electron chi connectivity index (χ0n) is 11.7. The smallest absolute Gasteiger partial charge is 0.0688 e. The van der Waals surface area contributed by atoms with Crippen molar-refractivity contribution >= 4 is 22.9 Å². The second-order valence-electron chi connectivity index (χ2n) is 4.88. The minimum absolute atomic E-state index is 0.202. The number of aryl methyl sites for hydroxylation is 2. The third kappa shape index (κ3) is 3.38. The first-order chi connectivity index (χ1) is 9.13. The monoisotopic (exact) mass is 293 g/mol. The summed E-state index contributed by atoms with van der Waals surface area (Å²) in [5.41, 5.74) is 3.70. The number of hydrogen-bond acceptors (Lipinski definition) is 2. The average molecular weight is 294 g/mol. The molecule has 0 radical (unpaired) electrons. The molecule has 0 saturated carbocycles. The van der Waals surface area contributed by atoms with Crippen molar-refractivity contribution in [2.24, 2.45) is 0 Å². The minimum atomic E-state index is 0.202. The summed E-state index contributed by atoms with van der Waals surface area (Å²) in [4.78, 5) is 1.36. The van der Waals surface area contributed by atoms with Crippen LogP contribution in [0.4, 0.5) is 0 Å². The summed E-state index contributed by atoms with van der Waals surface area (Å²) in [6.07, 6.45) is 1.12. The van der Waals surface area contributed by atoms with Crippen molar-refractivity contribution in [2.75, 3.05) is 6.54 Å². The maximum Gasteiger partial charge on any atom is 0.0688 e. The van der Waals surface area contributed by atoms with Gasteiger partial charge in [0.05, 0.1) is 6.04 Å². The summed E-state index contributed by atoms with van der Waals surface area (Å²) >= 11 is 8.23. The number of rotatable bonds is 5. The van der Waals surface area contributed by atoms with E-state index in [1.807, 2.05) is 6.07 Å².